The van der Waals surface area contributed by atoms with E-state index in [0.29, 0.717) is 18.7 Å². The van der Waals surface area contributed by atoms with Crippen LogP contribution in [0, 0.1) is 0 Å². The Hall–Kier alpha value is -1.30. The van der Waals surface area contributed by atoms with Gasteiger partial charge in [-0.3, -0.25) is 4.79 Å². The number of aromatic amines is 1. The normalized spacial score (nSPS) is 20.3. The first kappa shape index (κ1) is 12.2. The van der Waals surface area contributed by atoms with Crippen molar-refractivity contribution in [1.82, 2.24) is 9.88 Å². The van der Waals surface area contributed by atoms with E-state index in [1.165, 1.54) is 4.90 Å². The Labute approximate surface area is 107 Å². The van der Waals surface area contributed by atoms with Gasteiger partial charge >= 0.3 is 5.97 Å². The molecule has 17 heavy (non-hydrogen) atoms. The molecule has 0 radical (unpaired) electrons. The van der Waals surface area contributed by atoms with Crippen LogP contribution in [0.2, 0.25) is 0 Å². The number of nitrogens with one attached hydrogen (secondary N) is 1. The largest absolute Gasteiger partial charge is 0.480 e. The van der Waals surface area contributed by atoms with Gasteiger partial charge in [0.25, 0.3) is 5.91 Å². The molecule has 2 heterocycles. The van der Waals surface area contributed by atoms with E-state index >= 15 is 0 Å². The quantitative estimate of drug-likeness (QED) is 0.875. The number of likely N-dealkylation sites (tertiary alicyclic amines) is 1. The second kappa shape index (κ2) is 4.91. The average Bonchev–Trinajstić information content (AvgIpc) is 2.75. The molecule has 1 aromatic rings. The van der Waals surface area contributed by atoms with Crippen molar-refractivity contribution in [2.45, 2.75) is 25.3 Å². The molecule has 2 rings (SSSR count). The lowest BCUT2D eigenvalue weighted by atomic mass is 10.0. The van der Waals surface area contributed by atoms with Crippen molar-refractivity contribution in [3.8, 4) is 0 Å². The van der Waals surface area contributed by atoms with Crippen LogP contribution < -0.4 is 0 Å². The Kier molecular flexibility index (Phi) is 3.51. The molecule has 2 N–H and O–H groups in total. The zero-order valence-corrected chi connectivity index (χ0v) is 10.7. The fourth-order valence-electron chi connectivity index (χ4n) is 2.08. The van der Waals surface area contributed by atoms with Gasteiger partial charge in [-0.2, -0.15) is 0 Å². The summed E-state index contributed by atoms with van der Waals surface area (Å²) in [5.41, 5.74) is 0.421. The third-order valence-electron chi connectivity index (χ3n) is 2.93. The molecule has 1 atom stereocenters. The Balaban J connectivity index is 2.19. The van der Waals surface area contributed by atoms with E-state index in [4.69, 9.17) is 5.11 Å². The van der Waals surface area contributed by atoms with E-state index in [9.17, 15) is 9.59 Å². The highest BCUT2D eigenvalue weighted by atomic mass is 79.9. The van der Waals surface area contributed by atoms with E-state index in [2.05, 4.69) is 20.9 Å². The summed E-state index contributed by atoms with van der Waals surface area (Å²) in [6.45, 7) is 0.506. The molecule has 1 aromatic heterocycles. The molecule has 1 aliphatic heterocycles. The number of hydrogen-bond acceptors (Lipinski definition) is 2. The zero-order valence-electron chi connectivity index (χ0n) is 9.15. The molecule has 1 amide bonds. The summed E-state index contributed by atoms with van der Waals surface area (Å²) in [5, 5.41) is 9.10. The number of rotatable bonds is 2. The van der Waals surface area contributed by atoms with Gasteiger partial charge in [-0.05, 0) is 41.3 Å². The maximum absolute atomic E-state index is 12.1. The van der Waals surface area contributed by atoms with Crippen LogP contribution in [0.5, 0.6) is 0 Å². The SMILES string of the molecule is O=C(O)[C@@H]1CCCCN1C(=O)c1cc(Br)c[nH]1. The highest BCUT2D eigenvalue weighted by molar-refractivity contribution is 9.10. The highest BCUT2D eigenvalue weighted by Gasteiger charge is 2.32. The number of carbonyl (C=O) groups is 2. The molecule has 5 nitrogen and oxygen atoms in total. The number of carboxylic acid groups (broad SMARTS) is 1. The average molecular weight is 301 g/mol. The van der Waals surface area contributed by atoms with Gasteiger partial charge in [-0.15, -0.1) is 0 Å². The van der Waals surface area contributed by atoms with Crippen LogP contribution in [0.25, 0.3) is 0 Å². The topological polar surface area (TPSA) is 73.4 Å². The molecule has 92 valence electrons. The third kappa shape index (κ3) is 2.52. The second-order valence-electron chi connectivity index (χ2n) is 4.08. The number of aliphatic carboxylic acids is 1. The summed E-state index contributed by atoms with van der Waals surface area (Å²) in [6.07, 6.45) is 3.91. The summed E-state index contributed by atoms with van der Waals surface area (Å²) in [5.74, 6) is -1.17. The predicted octanol–water partition coefficient (Wildman–Crippen LogP) is 1.86. The maximum Gasteiger partial charge on any atom is 0.326 e. The number of piperidine rings is 1. The number of aromatic nitrogens is 1. The first-order chi connectivity index (χ1) is 8.09. The van der Waals surface area contributed by atoms with Gasteiger partial charge in [0.15, 0.2) is 0 Å². The van der Waals surface area contributed by atoms with E-state index in [1.54, 1.807) is 12.3 Å². The Bertz CT molecular complexity index is 444. The zero-order chi connectivity index (χ0) is 12.4. The van der Waals surface area contributed by atoms with Crippen LogP contribution in [0.15, 0.2) is 16.7 Å². The van der Waals surface area contributed by atoms with Crippen LogP contribution in [0.3, 0.4) is 0 Å². The summed E-state index contributed by atoms with van der Waals surface area (Å²) in [4.78, 5) is 27.5. The molecule has 1 saturated heterocycles. The molecular formula is C11H13BrN2O3. The van der Waals surface area contributed by atoms with E-state index in [-0.39, 0.29) is 5.91 Å². The lowest BCUT2D eigenvalue weighted by Gasteiger charge is -2.32. The van der Waals surface area contributed by atoms with Crippen LogP contribution in [-0.4, -0.2) is 39.5 Å². The van der Waals surface area contributed by atoms with E-state index < -0.39 is 12.0 Å². The van der Waals surface area contributed by atoms with Gasteiger partial charge in [-0.25, -0.2) is 4.79 Å². The van der Waals surface area contributed by atoms with Crippen molar-refractivity contribution in [1.29, 1.82) is 0 Å². The third-order valence-corrected chi connectivity index (χ3v) is 3.38. The van der Waals surface area contributed by atoms with Crippen molar-refractivity contribution in [3.63, 3.8) is 0 Å². The molecular weight excluding hydrogens is 288 g/mol. The number of halogens is 1. The first-order valence-electron chi connectivity index (χ1n) is 5.47. The van der Waals surface area contributed by atoms with Crippen LogP contribution in [0.4, 0.5) is 0 Å². The molecule has 0 unspecified atom stereocenters. The Morgan fingerprint density at radius 2 is 2.24 bits per heavy atom. The van der Waals surface area contributed by atoms with Crippen molar-refractivity contribution < 1.29 is 14.7 Å². The van der Waals surface area contributed by atoms with Crippen LogP contribution in [-0.2, 0) is 4.79 Å². The molecule has 0 aliphatic carbocycles. The maximum atomic E-state index is 12.1. The second-order valence-corrected chi connectivity index (χ2v) is 5.00. The minimum absolute atomic E-state index is 0.247. The standard InChI is InChI=1S/C11H13BrN2O3/c12-7-5-8(13-6-7)10(15)14-4-2-1-3-9(14)11(16)17/h5-6,9,13H,1-4H2,(H,16,17)/t9-/m0/s1. The lowest BCUT2D eigenvalue weighted by molar-refractivity contribution is -0.143. The smallest absolute Gasteiger partial charge is 0.326 e. The van der Waals surface area contributed by atoms with Crippen molar-refractivity contribution in [2.24, 2.45) is 0 Å². The van der Waals surface area contributed by atoms with Gasteiger partial charge in [0.2, 0.25) is 0 Å². The number of carbonyl (C=O) groups excluding carboxylic acids is 1. The van der Waals surface area contributed by atoms with Gasteiger partial charge in [0, 0.05) is 17.2 Å². The summed E-state index contributed by atoms with van der Waals surface area (Å²) in [7, 11) is 0. The first-order valence-corrected chi connectivity index (χ1v) is 6.26. The monoisotopic (exact) mass is 300 g/mol. The van der Waals surface area contributed by atoms with Crippen molar-refractivity contribution in [2.75, 3.05) is 6.54 Å². The molecule has 1 aliphatic rings. The Morgan fingerprint density at radius 3 is 2.82 bits per heavy atom. The minimum atomic E-state index is -0.927. The Morgan fingerprint density at radius 1 is 1.47 bits per heavy atom. The minimum Gasteiger partial charge on any atom is -0.480 e. The van der Waals surface area contributed by atoms with Crippen molar-refractivity contribution >= 4 is 27.8 Å². The molecule has 6 heteroatoms. The highest BCUT2D eigenvalue weighted by Crippen LogP contribution is 2.20. The van der Waals surface area contributed by atoms with Gasteiger partial charge in [-0.1, -0.05) is 0 Å². The van der Waals surface area contributed by atoms with Gasteiger partial charge < -0.3 is 15.0 Å². The van der Waals surface area contributed by atoms with Gasteiger partial charge in [0.05, 0.1) is 0 Å². The lowest BCUT2D eigenvalue weighted by Crippen LogP contribution is -2.48. The van der Waals surface area contributed by atoms with Crippen molar-refractivity contribution in [3.05, 3.63) is 22.4 Å². The van der Waals surface area contributed by atoms with E-state index in [1.807, 2.05) is 0 Å². The fraction of sp³-hybridized carbons (Fsp3) is 0.455. The number of carboxylic acids is 1. The summed E-state index contributed by atoms with van der Waals surface area (Å²) >= 11 is 3.25. The van der Waals surface area contributed by atoms with Crippen LogP contribution in [0.1, 0.15) is 29.8 Å². The number of amides is 1. The molecule has 0 bridgehead atoms. The number of H-pyrrole nitrogens is 1. The summed E-state index contributed by atoms with van der Waals surface area (Å²) < 4.78 is 0.782. The van der Waals surface area contributed by atoms with Crippen LogP contribution >= 0.6 is 15.9 Å². The number of nitrogens with zero attached hydrogens (tertiary/aromatic N) is 1. The molecule has 0 saturated carbocycles. The molecule has 0 spiro atoms. The molecule has 0 aromatic carbocycles. The van der Waals surface area contributed by atoms with Gasteiger partial charge in [0.1, 0.15) is 11.7 Å². The predicted molar refractivity (Wildman–Crippen MR) is 64.8 cm³/mol. The molecule has 1 fully saturated rings. The van der Waals surface area contributed by atoms with E-state index in [0.717, 1.165) is 17.3 Å². The number of hydrogen-bond donors (Lipinski definition) is 2. The fourth-order valence-corrected chi connectivity index (χ4v) is 2.42. The summed E-state index contributed by atoms with van der Waals surface area (Å²) in [6, 6.07) is 0.967.